The van der Waals surface area contributed by atoms with Crippen molar-refractivity contribution in [1.82, 2.24) is 4.98 Å². The first-order valence-electron chi connectivity index (χ1n) is 11.9. The van der Waals surface area contributed by atoms with Gasteiger partial charge in [0, 0.05) is 64.9 Å². The van der Waals surface area contributed by atoms with Crippen LogP contribution in [0.3, 0.4) is 0 Å². The minimum Gasteiger partial charge on any atom is -0.486 e. The van der Waals surface area contributed by atoms with Gasteiger partial charge in [0.2, 0.25) is 0 Å². The van der Waals surface area contributed by atoms with E-state index in [1.54, 1.807) is 6.20 Å². The van der Waals surface area contributed by atoms with E-state index in [4.69, 9.17) is 26.6 Å². The van der Waals surface area contributed by atoms with Crippen LogP contribution in [0.4, 0.5) is 11.5 Å². The number of ether oxygens (including phenoxy) is 1. The summed E-state index contributed by atoms with van der Waals surface area (Å²) in [6, 6.07) is 9.83. The zero-order valence-corrected chi connectivity index (χ0v) is 24.9. The zero-order chi connectivity index (χ0) is 25.9. The molecule has 0 bridgehead atoms. The summed E-state index contributed by atoms with van der Waals surface area (Å²) in [5.41, 5.74) is 17.6. The number of aromatic nitrogens is 1. The minimum absolute atomic E-state index is 0.291. The van der Waals surface area contributed by atoms with Crippen molar-refractivity contribution in [2.45, 2.75) is 33.3 Å². The van der Waals surface area contributed by atoms with Crippen molar-refractivity contribution in [3.8, 4) is 5.75 Å². The molecule has 1 aromatic carbocycles. The molecule has 2 aliphatic heterocycles. The topological polar surface area (TPSA) is 113 Å². The number of allylic oxidation sites excluding steroid dienone is 1. The molecule has 192 valence electrons. The first kappa shape index (κ1) is 27.1. The minimum atomic E-state index is -0.291. The first-order valence-corrected chi connectivity index (χ1v) is 17.2. The van der Waals surface area contributed by atoms with E-state index >= 15 is 0 Å². The number of nitrogens with two attached hydrogens (primary N) is 2. The van der Waals surface area contributed by atoms with E-state index in [1.807, 2.05) is 57.3 Å². The molecule has 10 heteroatoms. The van der Waals surface area contributed by atoms with Crippen LogP contribution in [0.25, 0.3) is 0 Å². The van der Waals surface area contributed by atoms with Gasteiger partial charge < -0.3 is 26.2 Å². The van der Waals surface area contributed by atoms with Crippen molar-refractivity contribution in [1.29, 1.82) is 5.41 Å². The number of hydrogen-bond donors (Lipinski definition) is 4. The molecule has 0 aliphatic carbocycles. The monoisotopic (exact) mass is 636 g/mol. The van der Waals surface area contributed by atoms with Gasteiger partial charge in [0.05, 0.1) is 5.71 Å². The van der Waals surface area contributed by atoms with Crippen LogP contribution in [0.5, 0.6) is 5.75 Å². The van der Waals surface area contributed by atoms with Crippen molar-refractivity contribution < 1.29 is 4.74 Å². The number of thioether (sulfide) groups is 1. The summed E-state index contributed by atoms with van der Waals surface area (Å²) in [5, 5.41) is 12.4. The number of anilines is 2. The third-order valence-electron chi connectivity index (χ3n) is 6.86. The number of pyridine rings is 1. The van der Waals surface area contributed by atoms with Gasteiger partial charge in [0.1, 0.15) is 17.7 Å². The van der Waals surface area contributed by atoms with Gasteiger partial charge in [-0.2, -0.15) is 11.8 Å². The lowest BCUT2D eigenvalue weighted by Gasteiger charge is -2.48. The Bertz CT molecular complexity index is 1170. The molecule has 0 amide bonds. The van der Waals surface area contributed by atoms with Crippen LogP contribution in [0.1, 0.15) is 38.3 Å². The molecule has 2 aliphatic rings. The van der Waals surface area contributed by atoms with Gasteiger partial charge in [-0.15, -0.1) is 0 Å². The maximum Gasteiger partial charge on any atom is 0.128 e. The van der Waals surface area contributed by atoms with E-state index in [1.165, 1.54) is 17.9 Å². The molecular formula is C26H34IN6OPS. The highest BCUT2D eigenvalue weighted by atomic mass is 127. The molecule has 0 saturated carbocycles. The van der Waals surface area contributed by atoms with Crippen LogP contribution in [0.15, 0.2) is 59.6 Å². The fraction of sp³-hybridized carbons (Fsp3) is 0.385. The third kappa shape index (κ3) is 5.78. The smallest absolute Gasteiger partial charge is 0.128 e. The Hall–Kier alpha value is -1.97. The van der Waals surface area contributed by atoms with Gasteiger partial charge in [0.15, 0.2) is 0 Å². The SMILES string of the molecule is CC(=C/N)/C(=C(/C)N)[C@@H](C)Oc1ccc(NPI)c(C(=N)c2ccc(N3CC4(CCSC4)C3)nc2)c1. The molecule has 6 N–H and O–H groups in total. The highest BCUT2D eigenvalue weighted by Gasteiger charge is 2.45. The summed E-state index contributed by atoms with van der Waals surface area (Å²) >= 11 is 4.36. The lowest BCUT2D eigenvalue weighted by molar-refractivity contribution is 0.252. The van der Waals surface area contributed by atoms with Crippen LogP contribution < -0.4 is 26.2 Å². The predicted molar refractivity (Wildman–Crippen MR) is 164 cm³/mol. The first-order chi connectivity index (χ1) is 17.3. The Balaban J connectivity index is 1.53. The van der Waals surface area contributed by atoms with Crippen LogP contribution in [0.2, 0.25) is 0 Å². The van der Waals surface area contributed by atoms with E-state index in [-0.39, 0.29) is 6.10 Å². The molecule has 3 heterocycles. The highest BCUT2D eigenvalue weighted by molar-refractivity contribution is 14.2. The van der Waals surface area contributed by atoms with Gasteiger partial charge in [-0.05, 0) is 97.1 Å². The number of nitrogens with zero attached hydrogens (tertiary/aromatic N) is 2. The maximum atomic E-state index is 8.98. The Morgan fingerprint density at radius 3 is 2.69 bits per heavy atom. The Kier molecular flexibility index (Phi) is 8.73. The average Bonchev–Trinajstić information content (AvgIpc) is 3.34. The normalized spacial score (nSPS) is 18.8. The predicted octanol–water partition coefficient (Wildman–Crippen LogP) is 5.66. The molecule has 36 heavy (non-hydrogen) atoms. The van der Waals surface area contributed by atoms with Crippen molar-refractivity contribution in [3.63, 3.8) is 0 Å². The Morgan fingerprint density at radius 2 is 2.11 bits per heavy atom. The lowest BCUT2D eigenvalue weighted by atomic mass is 9.79. The molecular weight excluding hydrogens is 602 g/mol. The van der Waals surface area contributed by atoms with E-state index in [0.29, 0.717) is 28.9 Å². The molecule has 2 fully saturated rings. The second-order valence-electron chi connectivity index (χ2n) is 9.57. The zero-order valence-electron chi connectivity index (χ0n) is 20.9. The van der Waals surface area contributed by atoms with E-state index in [0.717, 1.165) is 46.9 Å². The van der Waals surface area contributed by atoms with Crippen molar-refractivity contribution >= 4 is 57.4 Å². The Labute approximate surface area is 232 Å². The van der Waals surface area contributed by atoms with Crippen molar-refractivity contribution in [2.75, 3.05) is 34.6 Å². The molecule has 1 unspecified atom stereocenters. The van der Waals surface area contributed by atoms with Gasteiger partial charge >= 0.3 is 0 Å². The number of rotatable bonds is 9. The second-order valence-corrected chi connectivity index (χ2v) is 12.7. The highest BCUT2D eigenvalue weighted by Crippen LogP contribution is 2.44. The van der Waals surface area contributed by atoms with Crippen molar-refractivity contribution in [2.24, 2.45) is 16.9 Å². The molecule has 7 nitrogen and oxygen atoms in total. The Morgan fingerprint density at radius 1 is 1.33 bits per heavy atom. The molecule has 2 saturated heterocycles. The van der Waals surface area contributed by atoms with E-state index < -0.39 is 0 Å². The number of hydrogen-bond acceptors (Lipinski definition) is 8. The summed E-state index contributed by atoms with van der Waals surface area (Å²) < 4.78 is 6.26. The molecule has 0 radical (unpaired) electrons. The summed E-state index contributed by atoms with van der Waals surface area (Å²) in [6.45, 7) is 7.90. The number of nitrogens with one attached hydrogen (secondary N) is 2. The average molecular weight is 637 g/mol. The summed E-state index contributed by atoms with van der Waals surface area (Å²) in [4.78, 5) is 7.06. The van der Waals surface area contributed by atoms with E-state index in [9.17, 15) is 0 Å². The van der Waals surface area contributed by atoms with E-state index in [2.05, 4.69) is 43.8 Å². The standard InChI is InChI=1S/C26H34IN6OPS/c1-16(11-28)24(17(2)29)18(3)34-20-5-6-22(32-35-27)21(10-20)25(30)19-4-7-23(31-12-19)33-13-26(14-33)8-9-36-15-26/h4-7,10-12,18,30,32,35H,8-9,13-15,28-29H2,1-3H3/b16-11-,24-17+,30-25?/t18-/m1/s1. The van der Waals surface area contributed by atoms with Gasteiger partial charge in [0.25, 0.3) is 0 Å². The summed E-state index contributed by atoms with van der Waals surface area (Å²) in [7, 11) is 0. The van der Waals surface area contributed by atoms with Crippen molar-refractivity contribution in [3.05, 3.63) is 70.7 Å². The van der Waals surface area contributed by atoms with Crippen LogP contribution in [0, 0.1) is 10.8 Å². The fourth-order valence-electron chi connectivity index (χ4n) is 4.97. The maximum absolute atomic E-state index is 8.98. The van der Waals surface area contributed by atoms with Gasteiger partial charge in [-0.1, -0.05) is 0 Å². The number of halogens is 1. The van der Waals surface area contributed by atoms with Crippen LogP contribution in [-0.2, 0) is 0 Å². The van der Waals surface area contributed by atoms with Gasteiger partial charge in [-0.25, -0.2) is 4.98 Å². The molecule has 4 rings (SSSR count). The molecule has 1 aromatic heterocycles. The summed E-state index contributed by atoms with van der Waals surface area (Å²) in [5.74, 6) is 4.20. The molecule has 2 aromatic rings. The van der Waals surface area contributed by atoms with Gasteiger partial charge in [-0.3, -0.25) is 5.41 Å². The summed E-state index contributed by atoms with van der Waals surface area (Å²) in [6.07, 6.45) is 4.86. The van der Waals surface area contributed by atoms with Crippen LogP contribution >= 0.6 is 40.2 Å². The van der Waals surface area contributed by atoms with Crippen LogP contribution in [-0.4, -0.2) is 41.4 Å². The quantitative estimate of drug-likeness (QED) is 0.122. The molecule has 2 atom stereocenters. The third-order valence-corrected chi connectivity index (χ3v) is 9.34. The molecule has 1 spiro atoms. The largest absolute Gasteiger partial charge is 0.486 e. The fourth-order valence-corrected chi connectivity index (χ4v) is 7.64. The lowest BCUT2D eigenvalue weighted by Crippen LogP contribution is -2.56. The number of benzene rings is 1. The second kappa shape index (κ2) is 11.6.